The maximum absolute atomic E-state index is 12.2. The molecule has 0 aromatic carbocycles. The summed E-state index contributed by atoms with van der Waals surface area (Å²) in [6.07, 6.45) is 5.07. The molecule has 19 heavy (non-hydrogen) atoms. The Morgan fingerprint density at radius 1 is 1.58 bits per heavy atom. The number of ketones is 1. The van der Waals surface area contributed by atoms with Crippen LogP contribution in [0.4, 0.5) is 0 Å². The number of rotatable bonds is 2. The summed E-state index contributed by atoms with van der Waals surface area (Å²) in [5, 5.41) is 9.18. The summed E-state index contributed by atoms with van der Waals surface area (Å²) in [5.74, 6) is -1.24. The highest BCUT2D eigenvalue weighted by Crippen LogP contribution is 2.62. The van der Waals surface area contributed by atoms with Crippen molar-refractivity contribution in [2.75, 3.05) is 0 Å². The third-order valence-electron chi connectivity index (χ3n) is 4.95. The third-order valence-corrected chi connectivity index (χ3v) is 4.95. The van der Waals surface area contributed by atoms with Crippen LogP contribution in [0.2, 0.25) is 0 Å². The lowest BCUT2D eigenvalue weighted by molar-refractivity contribution is -0.142. The minimum absolute atomic E-state index is 0.0161. The van der Waals surface area contributed by atoms with Crippen LogP contribution in [-0.2, 0) is 14.3 Å². The third kappa shape index (κ3) is 1.43. The Hall–Kier alpha value is -1.42. The summed E-state index contributed by atoms with van der Waals surface area (Å²) in [7, 11) is 0. The molecule has 1 spiro atoms. The van der Waals surface area contributed by atoms with Crippen LogP contribution in [0, 0.1) is 11.8 Å². The summed E-state index contributed by atoms with van der Waals surface area (Å²) in [6.45, 7) is 5.58. The molecule has 2 aliphatic carbocycles. The number of carbonyl (C=O) groups is 2. The molecule has 0 aromatic heterocycles. The van der Waals surface area contributed by atoms with E-state index < -0.39 is 23.1 Å². The fourth-order valence-electron chi connectivity index (χ4n) is 3.54. The second-order valence-corrected chi connectivity index (χ2v) is 6.12. The maximum Gasteiger partial charge on any atom is 0.306 e. The highest BCUT2D eigenvalue weighted by atomic mass is 16.6. The van der Waals surface area contributed by atoms with Crippen LogP contribution < -0.4 is 0 Å². The molecular formula is C15H18O4. The standard InChI is InChI=1S/C15H18O4/c1-8-6-12(16)15-11(8)7-10(9(2)13(17)18)4-5-14(15,3)19-15/h6-7,9-10H,4-5H2,1-3H3,(H,17,18). The molecule has 1 N–H and O–H groups in total. The first-order valence-corrected chi connectivity index (χ1v) is 6.70. The average molecular weight is 262 g/mol. The van der Waals surface area contributed by atoms with Gasteiger partial charge in [-0.25, -0.2) is 0 Å². The number of hydrogen-bond donors (Lipinski definition) is 1. The summed E-state index contributed by atoms with van der Waals surface area (Å²) in [6, 6.07) is 0. The van der Waals surface area contributed by atoms with Crippen molar-refractivity contribution in [3.05, 3.63) is 23.3 Å². The van der Waals surface area contributed by atoms with E-state index in [4.69, 9.17) is 4.74 Å². The number of epoxide rings is 1. The Morgan fingerprint density at radius 2 is 2.26 bits per heavy atom. The number of carbonyl (C=O) groups excluding carboxylic acids is 1. The van der Waals surface area contributed by atoms with Gasteiger partial charge in [0, 0.05) is 0 Å². The first-order chi connectivity index (χ1) is 8.82. The van der Waals surface area contributed by atoms with Crippen molar-refractivity contribution >= 4 is 11.8 Å². The highest BCUT2D eigenvalue weighted by Gasteiger charge is 2.74. The molecule has 1 heterocycles. The largest absolute Gasteiger partial charge is 0.481 e. The molecule has 3 aliphatic rings. The van der Waals surface area contributed by atoms with Gasteiger partial charge < -0.3 is 9.84 Å². The fourth-order valence-corrected chi connectivity index (χ4v) is 3.54. The van der Waals surface area contributed by atoms with Gasteiger partial charge in [0.15, 0.2) is 11.4 Å². The van der Waals surface area contributed by atoms with Gasteiger partial charge in [0.25, 0.3) is 0 Å². The van der Waals surface area contributed by atoms with Crippen LogP contribution in [0.3, 0.4) is 0 Å². The smallest absolute Gasteiger partial charge is 0.306 e. The van der Waals surface area contributed by atoms with Gasteiger partial charge in [-0.3, -0.25) is 9.59 Å². The van der Waals surface area contributed by atoms with Crippen molar-refractivity contribution in [2.45, 2.75) is 44.8 Å². The number of allylic oxidation sites excluding steroid dienone is 1. The molecule has 0 radical (unpaired) electrons. The van der Waals surface area contributed by atoms with E-state index in [2.05, 4.69) is 0 Å². The monoisotopic (exact) mass is 262 g/mol. The normalized spacial score (nSPS) is 41.6. The van der Waals surface area contributed by atoms with E-state index in [0.29, 0.717) is 0 Å². The molecule has 4 atom stereocenters. The first-order valence-electron chi connectivity index (χ1n) is 6.70. The van der Waals surface area contributed by atoms with E-state index in [1.165, 1.54) is 0 Å². The Kier molecular flexibility index (Phi) is 2.37. The van der Waals surface area contributed by atoms with Crippen molar-refractivity contribution in [3.8, 4) is 0 Å². The van der Waals surface area contributed by atoms with Gasteiger partial charge in [-0.1, -0.05) is 13.0 Å². The second kappa shape index (κ2) is 3.57. The van der Waals surface area contributed by atoms with Crippen LogP contribution >= 0.6 is 0 Å². The van der Waals surface area contributed by atoms with Crippen molar-refractivity contribution in [2.24, 2.45) is 11.8 Å². The molecular weight excluding hydrogens is 244 g/mol. The molecule has 102 valence electrons. The molecule has 0 amide bonds. The first kappa shape index (κ1) is 12.6. The second-order valence-electron chi connectivity index (χ2n) is 6.12. The van der Waals surface area contributed by atoms with Crippen LogP contribution in [0.15, 0.2) is 23.3 Å². The van der Waals surface area contributed by atoms with Crippen LogP contribution in [0.1, 0.15) is 33.6 Å². The fraction of sp³-hybridized carbons (Fsp3) is 0.600. The Balaban J connectivity index is 2.04. The molecule has 0 bridgehead atoms. The molecule has 1 saturated heterocycles. The van der Waals surface area contributed by atoms with Gasteiger partial charge in [0.1, 0.15) is 5.60 Å². The van der Waals surface area contributed by atoms with Crippen molar-refractivity contribution in [3.63, 3.8) is 0 Å². The van der Waals surface area contributed by atoms with Crippen molar-refractivity contribution < 1.29 is 19.4 Å². The molecule has 0 saturated carbocycles. The summed E-state index contributed by atoms with van der Waals surface area (Å²) >= 11 is 0. The number of aliphatic carboxylic acids is 1. The molecule has 1 fully saturated rings. The minimum Gasteiger partial charge on any atom is -0.481 e. The molecule has 0 aromatic rings. The highest BCUT2D eigenvalue weighted by molar-refractivity contribution is 6.09. The Bertz CT molecular complexity index is 544. The zero-order valence-electron chi connectivity index (χ0n) is 11.4. The lowest BCUT2D eigenvalue weighted by Gasteiger charge is -2.17. The van der Waals surface area contributed by atoms with Crippen LogP contribution in [-0.4, -0.2) is 28.1 Å². The number of ether oxygens (including phenoxy) is 1. The number of hydrogen-bond acceptors (Lipinski definition) is 3. The lowest BCUT2D eigenvalue weighted by atomic mass is 9.85. The maximum atomic E-state index is 12.2. The van der Waals surface area contributed by atoms with E-state index in [0.717, 1.165) is 24.0 Å². The van der Waals surface area contributed by atoms with Gasteiger partial charge in [-0.2, -0.15) is 0 Å². The number of carboxylic acid groups (broad SMARTS) is 1. The van der Waals surface area contributed by atoms with Gasteiger partial charge in [-0.15, -0.1) is 0 Å². The van der Waals surface area contributed by atoms with E-state index in [-0.39, 0.29) is 11.7 Å². The Labute approximate surface area is 112 Å². The summed E-state index contributed by atoms with van der Waals surface area (Å²) in [4.78, 5) is 23.4. The molecule has 4 nitrogen and oxygen atoms in total. The predicted molar refractivity (Wildman–Crippen MR) is 68.6 cm³/mol. The summed E-state index contributed by atoms with van der Waals surface area (Å²) < 4.78 is 5.81. The molecule has 1 aliphatic heterocycles. The average Bonchev–Trinajstić information content (AvgIpc) is 2.90. The van der Waals surface area contributed by atoms with E-state index in [1.807, 2.05) is 19.9 Å². The zero-order valence-corrected chi connectivity index (χ0v) is 11.4. The van der Waals surface area contributed by atoms with E-state index >= 15 is 0 Å². The van der Waals surface area contributed by atoms with Crippen LogP contribution in [0.25, 0.3) is 0 Å². The summed E-state index contributed by atoms with van der Waals surface area (Å²) in [5.41, 5.74) is 0.565. The van der Waals surface area contributed by atoms with E-state index in [9.17, 15) is 14.7 Å². The van der Waals surface area contributed by atoms with Crippen molar-refractivity contribution in [1.82, 2.24) is 0 Å². The van der Waals surface area contributed by atoms with Gasteiger partial charge >= 0.3 is 5.97 Å². The zero-order chi connectivity index (χ0) is 14.0. The minimum atomic E-state index is -0.802. The van der Waals surface area contributed by atoms with Crippen molar-refractivity contribution in [1.29, 1.82) is 0 Å². The molecule has 4 unspecified atom stereocenters. The van der Waals surface area contributed by atoms with Gasteiger partial charge in [0.05, 0.1) is 5.92 Å². The van der Waals surface area contributed by atoms with Gasteiger partial charge in [0.2, 0.25) is 0 Å². The number of carboxylic acids is 1. The predicted octanol–water partition coefficient (Wildman–Crippen LogP) is 2.10. The van der Waals surface area contributed by atoms with Gasteiger partial charge in [-0.05, 0) is 49.8 Å². The SMILES string of the molecule is CC1=CC(=O)C23OC2(C)CCC(C(C)C(=O)O)C=C13. The quantitative estimate of drug-likeness (QED) is 0.774. The van der Waals surface area contributed by atoms with E-state index in [1.54, 1.807) is 13.0 Å². The topological polar surface area (TPSA) is 66.9 Å². The Morgan fingerprint density at radius 3 is 2.89 bits per heavy atom. The lowest BCUT2D eigenvalue weighted by Crippen LogP contribution is -2.29. The molecule has 3 rings (SSSR count). The molecule has 4 heteroatoms. The van der Waals surface area contributed by atoms with Crippen LogP contribution in [0.5, 0.6) is 0 Å².